The van der Waals surface area contributed by atoms with Crippen molar-refractivity contribution in [1.82, 2.24) is 10.2 Å². The second kappa shape index (κ2) is 11.4. The lowest BCUT2D eigenvalue weighted by Crippen LogP contribution is -2.44. The van der Waals surface area contributed by atoms with Crippen molar-refractivity contribution in [3.63, 3.8) is 0 Å². The summed E-state index contributed by atoms with van der Waals surface area (Å²) in [6.45, 7) is 4.51. The standard InChI is InChI=1S/C24H28ClN3O2S/c1-3-4-13-27(2)14-12-26-23(29)17-28-20-10-5-6-11-21(20)31-22(24(28)30)16-18-8-7-9-19(25)15-18/h5-11,15-16H,3-4,12-14,17H2,1-2H3,(H,26,29)/b22-16-. The van der Waals surface area contributed by atoms with Gasteiger partial charge in [0, 0.05) is 23.0 Å². The Morgan fingerprint density at radius 3 is 2.77 bits per heavy atom. The number of likely N-dealkylation sites (N-methyl/N-ethyl adjacent to an activating group) is 1. The maximum atomic E-state index is 13.2. The molecule has 5 nitrogen and oxygen atoms in total. The Hall–Kier alpha value is -2.28. The highest BCUT2D eigenvalue weighted by Gasteiger charge is 2.30. The summed E-state index contributed by atoms with van der Waals surface area (Å²) in [5.41, 5.74) is 1.61. The van der Waals surface area contributed by atoms with E-state index in [-0.39, 0.29) is 18.4 Å². The van der Waals surface area contributed by atoms with Gasteiger partial charge in [-0.1, -0.05) is 61.0 Å². The largest absolute Gasteiger partial charge is 0.353 e. The smallest absolute Gasteiger partial charge is 0.265 e. The van der Waals surface area contributed by atoms with Crippen molar-refractivity contribution in [2.45, 2.75) is 24.7 Å². The monoisotopic (exact) mass is 457 g/mol. The molecule has 0 bridgehead atoms. The fourth-order valence-corrected chi connectivity index (χ4v) is 4.55. The van der Waals surface area contributed by atoms with Gasteiger partial charge in [-0.25, -0.2) is 0 Å². The average Bonchev–Trinajstić information content (AvgIpc) is 2.75. The first-order valence-corrected chi connectivity index (χ1v) is 11.7. The molecule has 31 heavy (non-hydrogen) atoms. The number of nitrogens with zero attached hydrogens (tertiary/aromatic N) is 2. The molecular formula is C24H28ClN3O2S. The zero-order valence-corrected chi connectivity index (χ0v) is 19.5. The van der Waals surface area contributed by atoms with Crippen LogP contribution in [0.3, 0.4) is 0 Å². The van der Waals surface area contributed by atoms with E-state index < -0.39 is 0 Å². The first kappa shape index (κ1) is 23.4. The topological polar surface area (TPSA) is 52.7 Å². The first-order valence-electron chi connectivity index (χ1n) is 10.5. The van der Waals surface area contributed by atoms with Gasteiger partial charge in [0.1, 0.15) is 6.54 Å². The molecule has 0 radical (unpaired) electrons. The number of halogens is 1. The van der Waals surface area contributed by atoms with Crippen molar-refractivity contribution in [1.29, 1.82) is 0 Å². The summed E-state index contributed by atoms with van der Waals surface area (Å²) < 4.78 is 0. The van der Waals surface area contributed by atoms with Crippen LogP contribution in [0.2, 0.25) is 5.02 Å². The van der Waals surface area contributed by atoms with Gasteiger partial charge in [-0.3, -0.25) is 14.5 Å². The van der Waals surface area contributed by atoms with Gasteiger partial charge in [-0.15, -0.1) is 0 Å². The number of unbranched alkanes of at least 4 members (excludes halogenated alkanes) is 1. The van der Waals surface area contributed by atoms with Crippen LogP contribution in [0.1, 0.15) is 25.3 Å². The summed E-state index contributed by atoms with van der Waals surface area (Å²) >= 11 is 7.50. The van der Waals surface area contributed by atoms with E-state index in [0.29, 0.717) is 16.5 Å². The third kappa shape index (κ3) is 6.60. The molecule has 3 rings (SSSR count). The minimum atomic E-state index is -0.182. The minimum Gasteiger partial charge on any atom is -0.353 e. The van der Waals surface area contributed by atoms with E-state index in [2.05, 4.69) is 24.2 Å². The van der Waals surface area contributed by atoms with E-state index in [1.54, 1.807) is 11.0 Å². The van der Waals surface area contributed by atoms with Gasteiger partial charge < -0.3 is 10.2 Å². The summed E-state index contributed by atoms with van der Waals surface area (Å²) in [6, 6.07) is 15.0. The molecule has 2 amide bonds. The average molecular weight is 458 g/mol. The van der Waals surface area contributed by atoms with Gasteiger partial charge in [0.15, 0.2) is 0 Å². The molecule has 0 saturated heterocycles. The SMILES string of the molecule is CCCCN(C)CCNC(=O)CN1C(=O)/C(=C/c2cccc(Cl)c2)Sc2ccccc21. The minimum absolute atomic E-state index is 0.0119. The summed E-state index contributed by atoms with van der Waals surface area (Å²) in [6.07, 6.45) is 4.11. The van der Waals surface area contributed by atoms with Gasteiger partial charge in [0.25, 0.3) is 5.91 Å². The summed E-state index contributed by atoms with van der Waals surface area (Å²) in [4.78, 5) is 31.1. The van der Waals surface area contributed by atoms with Crippen LogP contribution in [0.4, 0.5) is 5.69 Å². The Morgan fingerprint density at radius 1 is 1.19 bits per heavy atom. The number of thioether (sulfide) groups is 1. The zero-order chi connectivity index (χ0) is 22.2. The Labute approximate surface area is 193 Å². The number of para-hydroxylation sites is 1. The van der Waals surface area contributed by atoms with Gasteiger partial charge in [-0.2, -0.15) is 0 Å². The first-order chi connectivity index (χ1) is 15.0. The van der Waals surface area contributed by atoms with E-state index >= 15 is 0 Å². The molecule has 1 N–H and O–H groups in total. The quantitative estimate of drug-likeness (QED) is 0.556. The molecule has 0 aromatic heterocycles. The molecule has 0 atom stereocenters. The van der Waals surface area contributed by atoms with Crippen molar-refractivity contribution in [3.05, 3.63) is 64.0 Å². The van der Waals surface area contributed by atoms with Crippen LogP contribution >= 0.6 is 23.4 Å². The van der Waals surface area contributed by atoms with Crippen LogP contribution in [0.5, 0.6) is 0 Å². The fraction of sp³-hybridized carbons (Fsp3) is 0.333. The van der Waals surface area contributed by atoms with E-state index in [1.165, 1.54) is 11.8 Å². The predicted molar refractivity (Wildman–Crippen MR) is 129 cm³/mol. The Bertz CT molecular complexity index is 963. The highest BCUT2D eigenvalue weighted by Crippen LogP contribution is 2.41. The molecule has 0 unspecified atom stereocenters. The van der Waals surface area contributed by atoms with Crippen LogP contribution in [-0.2, 0) is 9.59 Å². The van der Waals surface area contributed by atoms with Gasteiger partial charge in [0.05, 0.1) is 10.6 Å². The van der Waals surface area contributed by atoms with Crippen LogP contribution in [0.15, 0.2) is 58.3 Å². The highest BCUT2D eigenvalue weighted by atomic mass is 35.5. The summed E-state index contributed by atoms with van der Waals surface area (Å²) in [5, 5.41) is 3.56. The molecule has 0 aliphatic carbocycles. The van der Waals surface area contributed by atoms with Gasteiger partial charge in [0.2, 0.25) is 5.91 Å². The molecule has 0 fully saturated rings. The number of amides is 2. The molecule has 7 heteroatoms. The molecule has 2 aromatic rings. The second-order valence-corrected chi connectivity index (χ2v) is 9.05. The van der Waals surface area contributed by atoms with E-state index in [4.69, 9.17) is 11.6 Å². The predicted octanol–water partition coefficient (Wildman–Crippen LogP) is 4.67. The third-order valence-electron chi connectivity index (χ3n) is 4.99. The summed E-state index contributed by atoms with van der Waals surface area (Å²) in [7, 11) is 2.05. The van der Waals surface area contributed by atoms with E-state index in [9.17, 15) is 9.59 Å². The van der Waals surface area contributed by atoms with Crippen LogP contribution in [-0.4, -0.2) is 49.9 Å². The number of carbonyl (C=O) groups excluding carboxylic acids is 2. The van der Waals surface area contributed by atoms with Gasteiger partial charge >= 0.3 is 0 Å². The number of nitrogens with one attached hydrogen (secondary N) is 1. The number of fused-ring (bicyclic) bond motifs is 1. The molecule has 0 spiro atoms. The van der Waals surface area contributed by atoms with Crippen LogP contribution in [0.25, 0.3) is 6.08 Å². The van der Waals surface area contributed by atoms with Crippen molar-refractivity contribution in [3.8, 4) is 0 Å². The molecule has 1 heterocycles. The lowest BCUT2D eigenvalue weighted by Gasteiger charge is -2.30. The number of hydrogen-bond donors (Lipinski definition) is 1. The van der Waals surface area contributed by atoms with Crippen molar-refractivity contribution < 1.29 is 9.59 Å². The molecule has 0 saturated carbocycles. The molecule has 1 aliphatic heterocycles. The number of carbonyl (C=O) groups is 2. The third-order valence-corrected chi connectivity index (χ3v) is 6.30. The molecular weight excluding hydrogens is 430 g/mol. The lowest BCUT2D eigenvalue weighted by molar-refractivity contribution is -0.122. The van der Waals surface area contributed by atoms with E-state index in [0.717, 1.165) is 42.1 Å². The molecule has 1 aliphatic rings. The summed E-state index contributed by atoms with van der Waals surface area (Å²) in [5.74, 6) is -0.347. The second-order valence-electron chi connectivity index (χ2n) is 7.53. The number of anilines is 1. The number of rotatable bonds is 9. The molecule has 2 aromatic carbocycles. The normalized spacial score (nSPS) is 14.8. The van der Waals surface area contributed by atoms with Crippen molar-refractivity contribution in [2.75, 3.05) is 38.1 Å². The number of hydrogen-bond acceptors (Lipinski definition) is 4. The Kier molecular flexibility index (Phi) is 8.58. The lowest BCUT2D eigenvalue weighted by atomic mass is 10.2. The highest BCUT2D eigenvalue weighted by molar-refractivity contribution is 8.04. The van der Waals surface area contributed by atoms with Crippen molar-refractivity contribution in [2.24, 2.45) is 0 Å². The maximum absolute atomic E-state index is 13.2. The molecule has 164 valence electrons. The van der Waals surface area contributed by atoms with Crippen LogP contribution < -0.4 is 10.2 Å². The maximum Gasteiger partial charge on any atom is 0.265 e. The van der Waals surface area contributed by atoms with Crippen molar-refractivity contribution >= 4 is 46.9 Å². The van der Waals surface area contributed by atoms with Gasteiger partial charge in [-0.05, 0) is 55.9 Å². The zero-order valence-electron chi connectivity index (χ0n) is 17.9. The Balaban J connectivity index is 1.71. The van der Waals surface area contributed by atoms with E-state index in [1.807, 2.05) is 48.5 Å². The Morgan fingerprint density at radius 2 is 2.00 bits per heavy atom. The number of benzene rings is 2. The van der Waals surface area contributed by atoms with Crippen LogP contribution in [0, 0.1) is 0 Å². The fourth-order valence-electron chi connectivity index (χ4n) is 3.29.